The molecule has 6 heteroatoms. The number of hydrogen-bond donors (Lipinski definition) is 0. The molecule has 0 amide bonds. The Hall–Kier alpha value is -1.49. The zero-order chi connectivity index (χ0) is 11.7. The van der Waals surface area contributed by atoms with Gasteiger partial charge in [0.25, 0.3) is 0 Å². The lowest BCUT2D eigenvalue weighted by molar-refractivity contribution is 0.526. The number of halogens is 4. The summed E-state index contributed by atoms with van der Waals surface area (Å²) >= 11 is 5.52. The van der Waals surface area contributed by atoms with Crippen LogP contribution in [0.5, 0.6) is 0 Å². The van der Waals surface area contributed by atoms with E-state index in [1.807, 2.05) is 0 Å². The Morgan fingerprint density at radius 3 is 2.38 bits per heavy atom. The largest absolute Gasteiger partial charge is 0.443 e. The molecule has 0 fully saturated rings. The lowest BCUT2D eigenvalue weighted by Crippen LogP contribution is -1.93. The van der Waals surface area contributed by atoms with E-state index in [0.717, 1.165) is 6.39 Å². The van der Waals surface area contributed by atoms with Gasteiger partial charge >= 0.3 is 0 Å². The number of hydrogen-bond acceptors (Lipinski definition) is 2. The summed E-state index contributed by atoms with van der Waals surface area (Å²) < 4.78 is 44.3. The first-order valence-corrected chi connectivity index (χ1v) is 4.80. The van der Waals surface area contributed by atoms with Gasteiger partial charge in [-0.3, -0.25) is 0 Å². The van der Waals surface area contributed by atoms with Crippen LogP contribution in [0.15, 0.2) is 22.9 Å². The van der Waals surface area contributed by atoms with Gasteiger partial charge in [-0.15, -0.1) is 11.6 Å². The van der Waals surface area contributed by atoms with Gasteiger partial charge < -0.3 is 4.42 Å². The van der Waals surface area contributed by atoms with E-state index >= 15 is 0 Å². The van der Waals surface area contributed by atoms with Crippen LogP contribution < -0.4 is 0 Å². The second-order valence-electron chi connectivity index (χ2n) is 3.01. The molecule has 0 bridgehead atoms. The Morgan fingerprint density at radius 1 is 1.19 bits per heavy atom. The van der Waals surface area contributed by atoms with E-state index in [4.69, 9.17) is 16.0 Å². The highest BCUT2D eigenvalue weighted by Gasteiger charge is 2.20. The van der Waals surface area contributed by atoms with Crippen LogP contribution in [-0.4, -0.2) is 4.98 Å². The minimum absolute atomic E-state index is 0.0535. The maximum atomic E-state index is 13.4. The van der Waals surface area contributed by atoms with Gasteiger partial charge in [-0.05, 0) is 0 Å². The van der Waals surface area contributed by atoms with Crippen molar-refractivity contribution in [3.63, 3.8) is 0 Å². The van der Waals surface area contributed by atoms with Crippen molar-refractivity contribution in [3.8, 4) is 11.3 Å². The second-order valence-corrected chi connectivity index (χ2v) is 3.27. The average Bonchev–Trinajstić information content (AvgIpc) is 2.64. The van der Waals surface area contributed by atoms with Crippen molar-refractivity contribution in [1.29, 1.82) is 0 Å². The number of benzene rings is 1. The topological polar surface area (TPSA) is 26.0 Å². The molecule has 0 aliphatic rings. The molecule has 1 aromatic carbocycles. The average molecular weight is 248 g/mol. The molecular weight excluding hydrogens is 243 g/mol. The van der Waals surface area contributed by atoms with E-state index in [1.54, 1.807) is 0 Å². The highest BCUT2D eigenvalue weighted by atomic mass is 35.5. The Kier molecular flexibility index (Phi) is 2.87. The van der Waals surface area contributed by atoms with Crippen molar-refractivity contribution in [1.82, 2.24) is 4.98 Å². The van der Waals surface area contributed by atoms with E-state index in [2.05, 4.69) is 4.98 Å². The normalized spacial score (nSPS) is 10.8. The Bertz CT molecular complexity index is 504. The molecule has 0 aliphatic carbocycles. The summed E-state index contributed by atoms with van der Waals surface area (Å²) in [5, 5.41) is 0. The third-order valence-electron chi connectivity index (χ3n) is 2.00. The van der Waals surface area contributed by atoms with Gasteiger partial charge in [-0.2, -0.15) is 0 Å². The summed E-state index contributed by atoms with van der Waals surface area (Å²) in [5.74, 6) is -3.28. The summed E-state index contributed by atoms with van der Waals surface area (Å²) in [4.78, 5) is 3.69. The fourth-order valence-corrected chi connectivity index (χ4v) is 1.52. The highest BCUT2D eigenvalue weighted by Crippen LogP contribution is 2.30. The van der Waals surface area contributed by atoms with Gasteiger partial charge in [0.05, 0.1) is 11.4 Å². The lowest BCUT2D eigenvalue weighted by Gasteiger charge is -2.02. The highest BCUT2D eigenvalue weighted by molar-refractivity contribution is 6.17. The van der Waals surface area contributed by atoms with Gasteiger partial charge in [-0.25, -0.2) is 18.2 Å². The molecule has 2 aromatic rings. The summed E-state index contributed by atoms with van der Waals surface area (Å²) in [7, 11) is 0. The maximum absolute atomic E-state index is 13.4. The molecule has 0 saturated carbocycles. The molecule has 0 aliphatic heterocycles. The lowest BCUT2D eigenvalue weighted by atomic mass is 10.1. The predicted octanol–water partition coefficient (Wildman–Crippen LogP) is 3.50. The first kappa shape index (κ1) is 11.0. The monoisotopic (exact) mass is 247 g/mol. The molecule has 0 saturated heterocycles. The van der Waals surface area contributed by atoms with Gasteiger partial charge in [0.2, 0.25) is 0 Å². The fraction of sp³-hybridized carbons (Fsp3) is 0.100. The van der Waals surface area contributed by atoms with Crippen LogP contribution in [0.2, 0.25) is 0 Å². The first-order chi connectivity index (χ1) is 7.63. The van der Waals surface area contributed by atoms with Crippen LogP contribution in [0.3, 0.4) is 0 Å². The van der Waals surface area contributed by atoms with Crippen molar-refractivity contribution in [3.05, 3.63) is 41.7 Å². The quantitative estimate of drug-likeness (QED) is 0.759. The molecule has 1 heterocycles. The second kappa shape index (κ2) is 4.17. The summed E-state index contributed by atoms with van der Waals surface area (Å²) in [5.41, 5.74) is -0.263. The molecule has 0 atom stereocenters. The van der Waals surface area contributed by atoms with Gasteiger partial charge in [0.15, 0.2) is 12.2 Å². The molecule has 2 rings (SSSR count). The zero-order valence-corrected chi connectivity index (χ0v) is 8.56. The molecular formula is C10H5ClF3NO. The predicted molar refractivity (Wildman–Crippen MR) is 51.4 cm³/mol. The minimum atomic E-state index is -1.05. The van der Waals surface area contributed by atoms with Crippen LogP contribution in [-0.2, 0) is 5.88 Å². The standard InChI is InChI=1S/C10H5ClF3NO/c11-3-8-10(16-4-15-8)9-6(13)1-5(12)2-7(9)14/h1-2,4H,3H2. The summed E-state index contributed by atoms with van der Waals surface area (Å²) in [6, 6.07) is 1.14. The van der Waals surface area contributed by atoms with Crippen molar-refractivity contribution in [2.45, 2.75) is 5.88 Å². The number of nitrogens with zero attached hydrogens (tertiary/aromatic N) is 1. The zero-order valence-electron chi connectivity index (χ0n) is 7.81. The number of alkyl halides is 1. The third kappa shape index (κ3) is 1.78. The Labute approximate surface area is 93.7 Å². The Balaban J connectivity index is 2.64. The first-order valence-electron chi connectivity index (χ1n) is 4.26. The third-order valence-corrected chi connectivity index (χ3v) is 2.25. The molecule has 84 valence electrons. The van der Waals surface area contributed by atoms with Crippen molar-refractivity contribution in [2.24, 2.45) is 0 Å². The molecule has 0 spiro atoms. The summed E-state index contributed by atoms with van der Waals surface area (Å²) in [6.07, 6.45) is 1.02. The van der Waals surface area contributed by atoms with E-state index in [9.17, 15) is 13.2 Å². The van der Waals surface area contributed by atoms with E-state index < -0.39 is 23.0 Å². The fourth-order valence-electron chi connectivity index (χ4n) is 1.33. The van der Waals surface area contributed by atoms with Gasteiger partial charge in [0, 0.05) is 12.1 Å². The SMILES string of the molecule is Fc1cc(F)c(-c2ocnc2CCl)c(F)c1. The molecule has 0 N–H and O–H groups in total. The van der Waals surface area contributed by atoms with Crippen LogP contribution in [0.25, 0.3) is 11.3 Å². The van der Waals surface area contributed by atoms with E-state index in [1.165, 1.54) is 0 Å². The van der Waals surface area contributed by atoms with E-state index in [-0.39, 0.29) is 17.3 Å². The van der Waals surface area contributed by atoms with Crippen molar-refractivity contribution >= 4 is 11.6 Å². The molecule has 1 aromatic heterocycles. The number of aromatic nitrogens is 1. The van der Waals surface area contributed by atoms with Crippen LogP contribution >= 0.6 is 11.6 Å². The van der Waals surface area contributed by atoms with Crippen LogP contribution in [0, 0.1) is 17.5 Å². The smallest absolute Gasteiger partial charge is 0.181 e. The van der Waals surface area contributed by atoms with E-state index in [0.29, 0.717) is 12.1 Å². The molecule has 16 heavy (non-hydrogen) atoms. The minimum Gasteiger partial charge on any atom is -0.443 e. The number of rotatable bonds is 2. The van der Waals surface area contributed by atoms with Gasteiger partial charge in [-0.1, -0.05) is 0 Å². The Morgan fingerprint density at radius 2 is 1.81 bits per heavy atom. The molecule has 0 unspecified atom stereocenters. The van der Waals surface area contributed by atoms with Crippen molar-refractivity contribution < 1.29 is 17.6 Å². The van der Waals surface area contributed by atoms with Gasteiger partial charge in [0.1, 0.15) is 23.1 Å². The van der Waals surface area contributed by atoms with Crippen molar-refractivity contribution in [2.75, 3.05) is 0 Å². The van der Waals surface area contributed by atoms with Crippen LogP contribution in [0.1, 0.15) is 5.69 Å². The molecule has 2 nitrogen and oxygen atoms in total. The maximum Gasteiger partial charge on any atom is 0.181 e. The molecule has 0 radical (unpaired) electrons. The summed E-state index contributed by atoms with van der Waals surface area (Å²) in [6.45, 7) is 0. The van der Waals surface area contributed by atoms with Crippen LogP contribution in [0.4, 0.5) is 13.2 Å². The number of oxazole rings is 1.